The molecule has 0 fully saturated rings. The van der Waals surface area contributed by atoms with Crippen LogP contribution in [0, 0.1) is 5.92 Å². The van der Waals surface area contributed by atoms with E-state index in [0.717, 1.165) is 0 Å². The maximum atomic E-state index is 12.6. The van der Waals surface area contributed by atoms with Gasteiger partial charge in [-0.05, 0) is 28.1 Å². The highest BCUT2D eigenvalue weighted by atomic mass is 79.9. The molecular formula is C10H10BrF3N2O2. The van der Waals surface area contributed by atoms with Gasteiger partial charge in [-0.15, -0.1) is 0 Å². The minimum atomic E-state index is -4.64. The van der Waals surface area contributed by atoms with E-state index >= 15 is 0 Å². The van der Waals surface area contributed by atoms with E-state index < -0.39 is 24.5 Å². The number of ether oxygens (including phenoxy) is 1. The van der Waals surface area contributed by atoms with E-state index in [9.17, 15) is 13.2 Å². The van der Waals surface area contributed by atoms with Gasteiger partial charge in [-0.25, -0.2) is 0 Å². The van der Waals surface area contributed by atoms with Gasteiger partial charge in [0.2, 0.25) is 0 Å². The number of nitrogens with two attached hydrogens (primary N) is 1. The highest BCUT2D eigenvalue weighted by Crippen LogP contribution is 2.29. The third-order valence-corrected chi connectivity index (χ3v) is 2.76. The molecule has 100 valence electrons. The Kier molecular flexibility index (Phi) is 4.83. The Morgan fingerprint density at radius 3 is 2.56 bits per heavy atom. The molecule has 1 rings (SSSR count). The van der Waals surface area contributed by atoms with Crippen LogP contribution in [0.4, 0.5) is 13.2 Å². The fourth-order valence-corrected chi connectivity index (χ4v) is 1.55. The quantitative estimate of drug-likeness (QED) is 0.387. The van der Waals surface area contributed by atoms with E-state index in [-0.39, 0.29) is 5.75 Å². The normalized spacial score (nSPS) is 14.3. The van der Waals surface area contributed by atoms with E-state index in [0.29, 0.717) is 4.47 Å². The molecule has 0 saturated heterocycles. The van der Waals surface area contributed by atoms with Gasteiger partial charge < -0.3 is 15.7 Å². The molecule has 0 aliphatic rings. The topological polar surface area (TPSA) is 67.8 Å². The third kappa shape index (κ3) is 3.80. The SMILES string of the molecule is N/C(=N/O)C(COc1ccccc1Br)C(F)(F)F. The van der Waals surface area contributed by atoms with Crippen molar-refractivity contribution in [1.29, 1.82) is 0 Å². The van der Waals surface area contributed by atoms with Gasteiger partial charge in [0.1, 0.15) is 18.3 Å². The highest BCUT2D eigenvalue weighted by molar-refractivity contribution is 9.10. The summed E-state index contributed by atoms with van der Waals surface area (Å²) in [5.74, 6) is -2.85. The molecule has 0 heterocycles. The number of nitrogens with zero attached hydrogens (tertiary/aromatic N) is 1. The molecular weight excluding hydrogens is 317 g/mol. The zero-order valence-electron chi connectivity index (χ0n) is 8.99. The lowest BCUT2D eigenvalue weighted by Gasteiger charge is -2.19. The molecule has 1 aromatic carbocycles. The number of amidine groups is 1. The number of hydrogen-bond donors (Lipinski definition) is 2. The Morgan fingerprint density at radius 1 is 1.44 bits per heavy atom. The van der Waals surface area contributed by atoms with E-state index in [1.165, 1.54) is 6.07 Å². The molecule has 18 heavy (non-hydrogen) atoms. The molecule has 8 heteroatoms. The molecule has 4 nitrogen and oxygen atoms in total. The molecule has 0 saturated carbocycles. The molecule has 3 N–H and O–H groups in total. The van der Waals surface area contributed by atoms with Crippen LogP contribution in [-0.2, 0) is 0 Å². The summed E-state index contributed by atoms with van der Waals surface area (Å²) in [6.07, 6.45) is -4.64. The Bertz CT molecular complexity index is 437. The summed E-state index contributed by atoms with van der Waals surface area (Å²) in [7, 11) is 0. The van der Waals surface area contributed by atoms with Crippen LogP contribution in [0.2, 0.25) is 0 Å². The predicted molar refractivity (Wildman–Crippen MR) is 62.6 cm³/mol. The van der Waals surface area contributed by atoms with Gasteiger partial charge in [-0.3, -0.25) is 0 Å². The summed E-state index contributed by atoms with van der Waals surface area (Å²) in [5.41, 5.74) is 4.99. The third-order valence-electron chi connectivity index (χ3n) is 2.11. The van der Waals surface area contributed by atoms with E-state index in [4.69, 9.17) is 15.7 Å². The van der Waals surface area contributed by atoms with Crippen molar-refractivity contribution in [3.8, 4) is 5.75 Å². The van der Waals surface area contributed by atoms with Crippen LogP contribution in [-0.4, -0.2) is 23.8 Å². The minimum absolute atomic E-state index is 0.248. The van der Waals surface area contributed by atoms with Crippen LogP contribution < -0.4 is 10.5 Å². The lowest BCUT2D eigenvalue weighted by molar-refractivity contribution is -0.162. The monoisotopic (exact) mass is 326 g/mol. The Balaban J connectivity index is 2.78. The van der Waals surface area contributed by atoms with Crippen molar-refractivity contribution >= 4 is 21.8 Å². The van der Waals surface area contributed by atoms with Gasteiger partial charge in [0, 0.05) is 0 Å². The maximum absolute atomic E-state index is 12.6. The number of rotatable bonds is 4. The molecule has 1 unspecified atom stereocenters. The summed E-state index contributed by atoms with van der Waals surface area (Å²) < 4.78 is 43.3. The number of hydrogen-bond acceptors (Lipinski definition) is 3. The fraction of sp³-hybridized carbons (Fsp3) is 0.300. The summed E-state index contributed by atoms with van der Waals surface area (Å²) in [6.45, 7) is -0.762. The van der Waals surface area contributed by atoms with Crippen LogP contribution in [0.3, 0.4) is 0 Å². The van der Waals surface area contributed by atoms with E-state index in [2.05, 4.69) is 21.1 Å². The van der Waals surface area contributed by atoms with Crippen molar-refractivity contribution in [2.75, 3.05) is 6.61 Å². The zero-order chi connectivity index (χ0) is 13.8. The Morgan fingerprint density at radius 2 is 2.06 bits per heavy atom. The zero-order valence-corrected chi connectivity index (χ0v) is 10.6. The highest BCUT2D eigenvalue weighted by Gasteiger charge is 2.43. The smallest absolute Gasteiger partial charge is 0.402 e. The van der Waals surface area contributed by atoms with Gasteiger partial charge in [-0.1, -0.05) is 17.3 Å². The van der Waals surface area contributed by atoms with Crippen LogP contribution in [0.25, 0.3) is 0 Å². The maximum Gasteiger partial charge on any atom is 0.402 e. The van der Waals surface area contributed by atoms with Crippen molar-refractivity contribution in [2.24, 2.45) is 16.8 Å². The second-order valence-electron chi connectivity index (χ2n) is 3.36. The molecule has 0 bridgehead atoms. The second-order valence-corrected chi connectivity index (χ2v) is 4.21. The summed E-state index contributed by atoms with van der Waals surface area (Å²) in [5, 5.41) is 10.7. The first kappa shape index (κ1) is 14.6. The second kappa shape index (κ2) is 5.94. The average molecular weight is 327 g/mol. The van der Waals surface area contributed by atoms with E-state index in [1.807, 2.05) is 0 Å². The molecule has 0 amide bonds. The molecule has 0 aliphatic heterocycles. The first-order valence-electron chi connectivity index (χ1n) is 4.77. The van der Waals surface area contributed by atoms with Crippen LogP contribution >= 0.6 is 15.9 Å². The van der Waals surface area contributed by atoms with Gasteiger partial charge in [0.15, 0.2) is 5.84 Å². The van der Waals surface area contributed by atoms with Crippen LogP contribution in [0.1, 0.15) is 0 Å². The van der Waals surface area contributed by atoms with Crippen LogP contribution in [0.5, 0.6) is 5.75 Å². The lowest BCUT2D eigenvalue weighted by atomic mass is 10.1. The first-order valence-corrected chi connectivity index (χ1v) is 5.57. The fourth-order valence-electron chi connectivity index (χ4n) is 1.15. The minimum Gasteiger partial charge on any atom is -0.491 e. The molecule has 0 aliphatic carbocycles. The predicted octanol–water partition coefficient (Wildman–Crippen LogP) is 2.75. The average Bonchev–Trinajstić information content (AvgIpc) is 2.29. The first-order chi connectivity index (χ1) is 8.36. The summed E-state index contributed by atoms with van der Waals surface area (Å²) in [4.78, 5) is 0. The van der Waals surface area contributed by atoms with Gasteiger partial charge in [0.05, 0.1) is 4.47 Å². The van der Waals surface area contributed by atoms with Gasteiger partial charge >= 0.3 is 6.18 Å². The molecule has 1 aromatic rings. The molecule has 0 spiro atoms. The largest absolute Gasteiger partial charge is 0.491 e. The van der Waals surface area contributed by atoms with E-state index in [1.54, 1.807) is 18.2 Å². The van der Waals surface area contributed by atoms with Crippen molar-refractivity contribution in [2.45, 2.75) is 6.18 Å². The van der Waals surface area contributed by atoms with Gasteiger partial charge in [-0.2, -0.15) is 13.2 Å². The molecule has 1 atom stereocenters. The van der Waals surface area contributed by atoms with Crippen molar-refractivity contribution < 1.29 is 23.1 Å². The Hall–Kier alpha value is -1.44. The summed E-state index contributed by atoms with van der Waals surface area (Å²) >= 11 is 3.13. The van der Waals surface area contributed by atoms with Crippen molar-refractivity contribution in [3.05, 3.63) is 28.7 Å². The Labute approximate surface area is 109 Å². The number of alkyl halides is 3. The van der Waals surface area contributed by atoms with Crippen molar-refractivity contribution in [3.63, 3.8) is 0 Å². The van der Waals surface area contributed by atoms with Crippen LogP contribution in [0.15, 0.2) is 33.9 Å². The van der Waals surface area contributed by atoms with Crippen molar-refractivity contribution in [1.82, 2.24) is 0 Å². The van der Waals surface area contributed by atoms with Gasteiger partial charge in [0.25, 0.3) is 0 Å². The molecule has 0 radical (unpaired) electrons. The number of oxime groups is 1. The number of benzene rings is 1. The molecule has 0 aromatic heterocycles. The number of para-hydroxylation sites is 1. The number of halogens is 4. The summed E-state index contributed by atoms with van der Waals surface area (Å²) in [6, 6.07) is 6.44. The standard InChI is InChI=1S/C10H10BrF3N2O2/c11-7-3-1-2-4-8(7)18-5-6(9(15)16-17)10(12,13)14/h1-4,6,17H,5H2,(H2,15,16). The lowest BCUT2D eigenvalue weighted by Crippen LogP contribution is -2.40.